The van der Waals surface area contributed by atoms with E-state index in [1.54, 1.807) is 12.1 Å². The molecule has 0 aliphatic carbocycles. The third-order valence-electron chi connectivity index (χ3n) is 3.11. The number of nitrogens with zero attached hydrogens (tertiary/aromatic N) is 2. The van der Waals surface area contributed by atoms with Crippen LogP contribution in [0.15, 0.2) is 18.2 Å². The molecule has 0 aliphatic rings. The topological polar surface area (TPSA) is 55.1 Å². The van der Waals surface area contributed by atoms with Crippen molar-refractivity contribution in [3.05, 3.63) is 29.6 Å². The maximum absolute atomic E-state index is 11.3. The molecule has 2 rings (SSSR count). The van der Waals surface area contributed by atoms with Crippen LogP contribution in [0.5, 0.6) is 0 Å². The van der Waals surface area contributed by atoms with Gasteiger partial charge in [0.2, 0.25) is 0 Å². The number of carboxylic acids is 1. The molecule has 4 heteroatoms. The molecule has 1 heterocycles. The van der Waals surface area contributed by atoms with Crippen molar-refractivity contribution < 1.29 is 9.90 Å². The van der Waals surface area contributed by atoms with Crippen LogP contribution in [-0.4, -0.2) is 20.6 Å². The van der Waals surface area contributed by atoms with Crippen molar-refractivity contribution in [3.63, 3.8) is 0 Å². The molecule has 0 fully saturated rings. The summed E-state index contributed by atoms with van der Waals surface area (Å²) in [6, 6.07) is 5.36. The fourth-order valence-corrected chi connectivity index (χ4v) is 2.35. The Morgan fingerprint density at radius 3 is 2.74 bits per heavy atom. The Labute approximate surface area is 113 Å². The Morgan fingerprint density at radius 2 is 2.16 bits per heavy atom. The lowest BCUT2D eigenvalue weighted by atomic mass is 10.1. The predicted molar refractivity (Wildman–Crippen MR) is 75.5 cm³/mol. The zero-order chi connectivity index (χ0) is 14.0. The Morgan fingerprint density at radius 1 is 1.42 bits per heavy atom. The van der Waals surface area contributed by atoms with E-state index in [1.807, 2.05) is 6.07 Å². The number of rotatable bonds is 5. The lowest BCUT2D eigenvalue weighted by Crippen LogP contribution is -2.08. The summed E-state index contributed by atoms with van der Waals surface area (Å²) in [4.78, 5) is 15.8. The normalized spacial score (nSPS) is 11.4. The molecular weight excluding hydrogens is 240 g/mol. The SMILES string of the molecule is CCCc1nc2c(C(=O)O)cccc2n1CC(C)C. The first-order valence-corrected chi connectivity index (χ1v) is 6.76. The van der Waals surface area contributed by atoms with Gasteiger partial charge < -0.3 is 9.67 Å². The van der Waals surface area contributed by atoms with Gasteiger partial charge in [0.15, 0.2) is 0 Å². The van der Waals surface area contributed by atoms with E-state index in [0.717, 1.165) is 30.7 Å². The van der Waals surface area contributed by atoms with Crippen molar-refractivity contribution in [1.82, 2.24) is 9.55 Å². The Bertz CT molecular complexity index is 599. The maximum atomic E-state index is 11.3. The first-order chi connectivity index (χ1) is 9.04. The quantitative estimate of drug-likeness (QED) is 0.897. The van der Waals surface area contributed by atoms with Crippen LogP contribution in [0.25, 0.3) is 11.0 Å². The zero-order valence-corrected chi connectivity index (χ0v) is 11.7. The monoisotopic (exact) mass is 260 g/mol. The molecule has 19 heavy (non-hydrogen) atoms. The number of hydrogen-bond acceptors (Lipinski definition) is 2. The summed E-state index contributed by atoms with van der Waals surface area (Å²) in [5, 5.41) is 9.25. The Hall–Kier alpha value is -1.84. The van der Waals surface area contributed by atoms with E-state index in [4.69, 9.17) is 0 Å². The number of imidazole rings is 1. The predicted octanol–water partition coefficient (Wildman–Crippen LogP) is 3.34. The highest BCUT2D eigenvalue weighted by molar-refractivity contribution is 6.01. The number of carbonyl (C=O) groups is 1. The molecule has 1 aromatic heterocycles. The molecule has 2 aromatic rings. The smallest absolute Gasteiger partial charge is 0.337 e. The Kier molecular flexibility index (Phi) is 3.88. The van der Waals surface area contributed by atoms with Crippen LogP contribution in [0, 0.1) is 5.92 Å². The van der Waals surface area contributed by atoms with Crippen LogP contribution in [0.4, 0.5) is 0 Å². The number of fused-ring (bicyclic) bond motifs is 1. The standard InChI is InChI=1S/C15H20N2O2/c1-4-6-13-16-14-11(15(18)19)7-5-8-12(14)17(13)9-10(2)3/h5,7-8,10H,4,6,9H2,1-3H3,(H,18,19). The largest absolute Gasteiger partial charge is 0.478 e. The molecule has 0 saturated carbocycles. The van der Waals surface area contributed by atoms with Crippen LogP contribution in [0.3, 0.4) is 0 Å². The van der Waals surface area contributed by atoms with E-state index in [9.17, 15) is 9.90 Å². The third-order valence-corrected chi connectivity index (χ3v) is 3.11. The number of aryl methyl sites for hydroxylation is 1. The summed E-state index contributed by atoms with van der Waals surface area (Å²) in [5.41, 5.74) is 1.83. The molecule has 0 radical (unpaired) electrons. The van der Waals surface area contributed by atoms with Crippen molar-refractivity contribution in [3.8, 4) is 0 Å². The van der Waals surface area contributed by atoms with Crippen LogP contribution in [-0.2, 0) is 13.0 Å². The van der Waals surface area contributed by atoms with Crippen molar-refractivity contribution >= 4 is 17.0 Å². The van der Waals surface area contributed by atoms with Gasteiger partial charge in [-0.2, -0.15) is 0 Å². The van der Waals surface area contributed by atoms with Gasteiger partial charge in [-0.15, -0.1) is 0 Å². The maximum Gasteiger partial charge on any atom is 0.337 e. The minimum absolute atomic E-state index is 0.289. The zero-order valence-electron chi connectivity index (χ0n) is 11.7. The lowest BCUT2D eigenvalue weighted by Gasteiger charge is -2.11. The summed E-state index contributed by atoms with van der Waals surface area (Å²) in [6.45, 7) is 7.29. The van der Waals surface area contributed by atoms with Crippen molar-refractivity contribution in [1.29, 1.82) is 0 Å². The van der Waals surface area contributed by atoms with E-state index in [-0.39, 0.29) is 5.56 Å². The van der Waals surface area contributed by atoms with Gasteiger partial charge in [-0.1, -0.05) is 26.8 Å². The number of aromatic carboxylic acids is 1. The van der Waals surface area contributed by atoms with Gasteiger partial charge in [0, 0.05) is 13.0 Å². The van der Waals surface area contributed by atoms with Crippen LogP contribution >= 0.6 is 0 Å². The van der Waals surface area contributed by atoms with E-state index in [2.05, 4.69) is 30.3 Å². The summed E-state index contributed by atoms with van der Waals surface area (Å²) in [6.07, 6.45) is 1.88. The molecule has 0 atom stereocenters. The second kappa shape index (κ2) is 5.43. The molecule has 0 bridgehead atoms. The van der Waals surface area contributed by atoms with Crippen molar-refractivity contribution in [2.45, 2.75) is 40.2 Å². The second-order valence-electron chi connectivity index (χ2n) is 5.26. The van der Waals surface area contributed by atoms with E-state index < -0.39 is 5.97 Å². The molecule has 0 aliphatic heterocycles. The number of benzene rings is 1. The molecule has 0 amide bonds. The summed E-state index contributed by atoms with van der Waals surface area (Å²) in [5.74, 6) is 0.573. The molecule has 0 unspecified atom stereocenters. The summed E-state index contributed by atoms with van der Waals surface area (Å²) >= 11 is 0. The minimum atomic E-state index is -0.914. The second-order valence-corrected chi connectivity index (χ2v) is 5.26. The van der Waals surface area contributed by atoms with E-state index in [1.165, 1.54) is 0 Å². The van der Waals surface area contributed by atoms with Crippen LogP contribution < -0.4 is 0 Å². The van der Waals surface area contributed by atoms with Gasteiger partial charge >= 0.3 is 5.97 Å². The average Bonchev–Trinajstić information content (AvgIpc) is 2.67. The molecule has 0 spiro atoms. The number of carboxylic acid groups (broad SMARTS) is 1. The average molecular weight is 260 g/mol. The van der Waals surface area contributed by atoms with Crippen LogP contribution in [0.1, 0.15) is 43.4 Å². The minimum Gasteiger partial charge on any atom is -0.478 e. The number of hydrogen-bond donors (Lipinski definition) is 1. The van der Waals surface area contributed by atoms with E-state index in [0.29, 0.717) is 11.4 Å². The molecule has 102 valence electrons. The van der Waals surface area contributed by atoms with Crippen molar-refractivity contribution in [2.24, 2.45) is 5.92 Å². The van der Waals surface area contributed by atoms with Gasteiger partial charge in [0.25, 0.3) is 0 Å². The van der Waals surface area contributed by atoms with Gasteiger partial charge in [0.1, 0.15) is 11.3 Å². The van der Waals surface area contributed by atoms with Gasteiger partial charge in [-0.05, 0) is 24.5 Å². The molecule has 4 nitrogen and oxygen atoms in total. The molecule has 0 saturated heterocycles. The summed E-state index contributed by atoms with van der Waals surface area (Å²) < 4.78 is 2.16. The fourth-order valence-electron chi connectivity index (χ4n) is 2.35. The number of aromatic nitrogens is 2. The molecular formula is C15H20N2O2. The van der Waals surface area contributed by atoms with E-state index >= 15 is 0 Å². The molecule has 1 aromatic carbocycles. The van der Waals surface area contributed by atoms with Crippen molar-refractivity contribution in [2.75, 3.05) is 0 Å². The fraction of sp³-hybridized carbons (Fsp3) is 0.467. The van der Waals surface area contributed by atoms with Crippen LogP contribution in [0.2, 0.25) is 0 Å². The third kappa shape index (κ3) is 2.62. The van der Waals surface area contributed by atoms with Gasteiger partial charge in [-0.25, -0.2) is 9.78 Å². The lowest BCUT2D eigenvalue weighted by molar-refractivity contribution is 0.0699. The Balaban J connectivity index is 2.65. The number of para-hydroxylation sites is 1. The van der Waals surface area contributed by atoms with Gasteiger partial charge in [-0.3, -0.25) is 0 Å². The highest BCUT2D eigenvalue weighted by Gasteiger charge is 2.16. The first-order valence-electron chi connectivity index (χ1n) is 6.76. The highest BCUT2D eigenvalue weighted by atomic mass is 16.4. The van der Waals surface area contributed by atoms with Gasteiger partial charge in [0.05, 0.1) is 11.1 Å². The highest BCUT2D eigenvalue weighted by Crippen LogP contribution is 2.22. The first kappa shape index (κ1) is 13.6. The summed E-state index contributed by atoms with van der Waals surface area (Å²) in [7, 11) is 0. The molecule has 1 N–H and O–H groups in total.